The SMILES string of the molecule is Cc1ccc(S(=O)(=O)N(CCCCCCN)S(=O)(=O)c2ccc(C)cc2)cc1. The topological polar surface area (TPSA) is 97.5 Å². The number of hydrogen-bond donors (Lipinski definition) is 1. The zero-order valence-electron chi connectivity index (χ0n) is 16.3. The molecule has 2 rings (SSSR count). The van der Waals surface area contributed by atoms with Gasteiger partial charge in [-0.25, -0.2) is 16.8 Å². The third kappa shape index (κ3) is 5.41. The quantitative estimate of drug-likeness (QED) is 0.591. The Morgan fingerprint density at radius 2 is 1.07 bits per heavy atom. The van der Waals surface area contributed by atoms with Crippen LogP contribution in [0.3, 0.4) is 0 Å². The average Bonchev–Trinajstić information content (AvgIpc) is 2.65. The first-order valence-corrected chi connectivity index (χ1v) is 12.2. The highest BCUT2D eigenvalue weighted by Gasteiger charge is 2.36. The summed E-state index contributed by atoms with van der Waals surface area (Å²) >= 11 is 0. The molecule has 0 heterocycles. The minimum atomic E-state index is -4.21. The lowest BCUT2D eigenvalue weighted by molar-refractivity contribution is 0.481. The van der Waals surface area contributed by atoms with Gasteiger partial charge in [-0.2, -0.15) is 0 Å². The predicted octanol–water partition coefficient (Wildman–Crippen LogP) is 3.20. The van der Waals surface area contributed by atoms with E-state index in [4.69, 9.17) is 5.73 Å². The van der Waals surface area contributed by atoms with E-state index in [2.05, 4.69) is 0 Å². The van der Waals surface area contributed by atoms with Gasteiger partial charge in [-0.3, -0.25) is 0 Å². The van der Waals surface area contributed by atoms with Crippen LogP contribution in [0.5, 0.6) is 0 Å². The summed E-state index contributed by atoms with van der Waals surface area (Å²) in [4.78, 5) is -0.0634. The molecule has 0 atom stereocenters. The van der Waals surface area contributed by atoms with Gasteiger partial charge in [0, 0.05) is 6.54 Å². The Balaban J connectivity index is 2.40. The van der Waals surface area contributed by atoms with E-state index in [-0.39, 0.29) is 16.3 Å². The predicted molar refractivity (Wildman–Crippen MR) is 111 cm³/mol. The number of benzene rings is 2. The summed E-state index contributed by atoms with van der Waals surface area (Å²) in [6, 6.07) is 12.4. The number of hydrogen-bond acceptors (Lipinski definition) is 5. The Morgan fingerprint density at radius 1 is 0.679 bits per heavy atom. The minimum Gasteiger partial charge on any atom is -0.330 e. The normalized spacial score (nSPS) is 12.4. The molecule has 0 saturated carbocycles. The van der Waals surface area contributed by atoms with Gasteiger partial charge >= 0.3 is 0 Å². The van der Waals surface area contributed by atoms with E-state index in [1.165, 1.54) is 24.3 Å². The number of sulfonamides is 2. The highest BCUT2D eigenvalue weighted by Crippen LogP contribution is 2.25. The molecule has 0 aliphatic rings. The van der Waals surface area contributed by atoms with E-state index >= 15 is 0 Å². The van der Waals surface area contributed by atoms with Gasteiger partial charge in [0.05, 0.1) is 9.79 Å². The first kappa shape index (κ1) is 22.5. The van der Waals surface area contributed by atoms with Crippen molar-refractivity contribution in [1.82, 2.24) is 3.71 Å². The summed E-state index contributed by atoms with van der Waals surface area (Å²) < 4.78 is 53.3. The maximum Gasteiger partial charge on any atom is 0.256 e. The van der Waals surface area contributed by atoms with E-state index in [1.54, 1.807) is 24.3 Å². The van der Waals surface area contributed by atoms with Gasteiger partial charge in [-0.15, -0.1) is 0 Å². The van der Waals surface area contributed by atoms with Gasteiger partial charge in [0.1, 0.15) is 0 Å². The van der Waals surface area contributed by atoms with Crippen molar-refractivity contribution < 1.29 is 16.8 Å². The Hall–Kier alpha value is -1.74. The van der Waals surface area contributed by atoms with Crippen molar-refractivity contribution >= 4 is 20.0 Å². The highest BCUT2D eigenvalue weighted by molar-refractivity contribution is 8.04. The summed E-state index contributed by atoms with van der Waals surface area (Å²) in [5.41, 5.74) is 7.28. The first-order chi connectivity index (χ1) is 13.2. The van der Waals surface area contributed by atoms with Gasteiger partial charge < -0.3 is 5.73 Å². The Morgan fingerprint density at radius 3 is 1.46 bits per heavy atom. The summed E-state index contributed by atoms with van der Waals surface area (Å²) in [6.07, 6.45) is 2.81. The van der Waals surface area contributed by atoms with Crippen LogP contribution in [0.15, 0.2) is 58.3 Å². The Labute approximate surface area is 168 Å². The van der Waals surface area contributed by atoms with Gasteiger partial charge in [0.15, 0.2) is 0 Å². The molecular formula is C20H28N2O4S2. The molecule has 0 aromatic heterocycles. The fraction of sp³-hybridized carbons (Fsp3) is 0.400. The van der Waals surface area contributed by atoms with Crippen molar-refractivity contribution in [2.45, 2.75) is 49.3 Å². The van der Waals surface area contributed by atoms with Crippen LogP contribution in [0, 0.1) is 13.8 Å². The van der Waals surface area contributed by atoms with Crippen molar-refractivity contribution in [2.24, 2.45) is 5.73 Å². The molecule has 0 saturated heterocycles. The molecule has 0 bridgehead atoms. The van der Waals surface area contributed by atoms with Crippen molar-refractivity contribution in [3.05, 3.63) is 59.7 Å². The summed E-state index contributed by atoms with van der Waals surface area (Å²) in [5, 5.41) is 0. The number of rotatable bonds is 10. The van der Waals surface area contributed by atoms with Crippen LogP contribution in [-0.4, -0.2) is 33.6 Å². The van der Waals surface area contributed by atoms with Gasteiger partial charge in [0.2, 0.25) is 0 Å². The fourth-order valence-electron chi connectivity index (χ4n) is 2.76. The van der Waals surface area contributed by atoms with Crippen LogP contribution in [0.1, 0.15) is 36.8 Å². The van der Waals surface area contributed by atoms with Crippen LogP contribution < -0.4 is 5.73 Å². The average molecular weight is 425 g/mol. The molecular weight excluding hydrogens is 396 g/mol. The summed E-state index contributed by atoms with van der Waals surface area (Å²) in [5.74, 6) is 0. The zero-order chi connectivity index (χ0) is 20.8. The lowest BCUT2D eigenvalue weighted by Crippen LogP contribution is -2.37. The van der Waals surface area contributed by atoms with Crippen LogP contribution in [0.25, 0.3) is 0 Å². The molecule has 0 aliphatic heterocycles. The second-order valence-corrected chi connectivity index (χ2v) is 10.8. The maximum absolute atomic E-state index is 13.2. The highest BCUT2D eigenvalue weighted by atomic mass is 32.3. The minimum absolute atomic E-state index is 0.0317. The smallest absolute Gasteiger partial charge is 0.256 e. The largest absolute Gasteiger partial charge is 0.330 e. The third-order valence-electron chi connectivity index (χ3n) is 4.47. The van der Waals surface area contributed by atoms with Crippen molar-refractivity contribution in [1.29, 1.82) is 0 Å². The molecule has 0 fully saturated rings. The molecule has 0 amide bonds. The molecule has 0 spiro atoms. The molecule has 6 nitrogen and oxygen atoms in total. The summed E-state index contributed by atoms with van der Waals surface area (Å²) in [7, 11) is -8.41. The Kier molecular flexibility index (Phi) is 7.77. The van der Waals surface area contributed by atoms with Crippen molar-refractivity contribution in [3.63, 3.8) is 0 Å². The number of nitrogens with two attached hydrogens (primary N) is 1. The van der Waals surface area contributed by atoms with Crippen LogP contribution in [-0.2, 0) is 20.0 Å². The third-order valence-corrected chi connectivity index (χ3v) is 8.82. The lowest BCUT2D eigenvalue weighted by Gasteiger charge is -2.22. The van der Waals surface area contributed by atoms with Gasteiger partial charge in [0.25, 0.3) is 20.0 Å². The first-order valence-electron chi connectivity index (χ1n) is 9.31. The molecule has 8 heteroatoms. The van der Waals surface area contributed by atoms with E-state index in [0.29, 0.717) is 23.1 Å². The standard InChI is InChI=1S/C20H28N2O4S2/c1-17-7-11-19(12-8-17)27(23,24)22(16-6-4-3-5-15-21)28(25,26)20-13-9-18(2)10-14-20/h7-14H,3-6,15-16,21H2,1-2H3. The second kappa shape index (κ2) is 9.65. The van der Waals surface area contributed by atoms with E-state index in [9.17, 15) is 16.8 Å². The maximum atomic E-state index is 13.2. The van der Waals surface area contributed by atoms with Gasteiger partial charge in [-0.1, -0.05) is 51.9 Å². The molecule has 154 valence electrons. The molecule has 2 aromatic rings. The van der Waals surface area contributed by atoms with Crippen molar-refractivity contribution in [3.8, 4) is 0 Å². The Bertz CT molecular complexity index is 892. The molecule has 0 unspecified atom stereocenters. The van der Waals surface area contributed by atoms with E-state index < -0.39 is 20.0 Å². The molecule has 28 heavy (non-hydrogen) atoms. The van der Waals surface area contributed by atoms with Crippen molar-refractivity contribution in [2.75, 3.05) is 13.1 Å². The van der Waals surface area contributed by atoms with Crippen LogP contribution >= 0.6 is 0 Å². The molecule has 2 N–H and O–H groups in total. The molecule has 0 aliphatic carbocycles. The summed E-state index contributed by atoms with van der Waals surface area (Å²) in [6.45, 7) is 4.15. The number of nitrogens with zero attached hydrogens (tertiary/aromatic N) is 1. The lowest BCUT2D eigenvalue weighted by atomic mass is 10.2. The monoisotopic (exact) mass is 424 g/mol. The van der Waals surface area contributed by atoms with E-state index in [0.717, 1.165) is 24.0 Å². The number of aryl methyl sites for hydroxylation is 2. The second-order valence-electron chi connectivity index (χ2n) is 6.84. The fourth-order valence-corrected chi connectivity index (χ4v) is 6.48. The molecule has 2 aromatic carbocycles. The van der Waals surface area contributed by atoms with Gasteiger partial charge in [-0.05, 0) is 57.5 Å². The molecule has 0 radical (unpaired) electrons. The number of unbranched alkanes of at least 4 members (excludes halogenated alkanes) is 3. The zero-order valence-corrected chi connectivity index (χ0v) is 18.0. The van der Waals surface area contributed by atoms with Crippen LogP contribution in [0.4, 0.5) is 0 Å². The van der Waals surface area contributed by atoms with Crippen LogP contribution in [0.2, 0.25) is 0 Å². The van der Waals surface area contributed by atoms with E-state index in [1.807, 2.05) is 13.8 Å².